The predicted octanol–water partition coefficient (Wildman–Crippen LogP) is 3.32. The Labute approximate surface area is 135 Å². The van der Waals surface area contributed by atoms with Crippen LogP contribution >= 0.6 is 15.9 Å². The molecule has 1 atom stereocenters. The molecule has 1 aliphatic rings. The maximum atomic E-state index is 12.5. The normalized spacial score (nSPS) is 19.5. The monoisotopic (exact) mass is 353 g/mol. The number of anilines is 1. The van der Waals surface area contributed by atoms with E-state index in [-0.39, 0.29) is 17.4 Å². The Hall–Kier alpha value is -1.10. The van der Waals surface area contributed by atoms with Gasteiger partial charge in [0.05, 0.1) is 4.47 Å². The first-order valence-corrected chi connectivity index (χ1v) is 8.22. The fourth-order valence-electron chi connectivity index (χ4n) is 2.77. The molecule has 1 aromatic heterocycles. The number of piperidine rings is 1. The second kappa shape index (κ2) is 6.34. The Balaban J connectivity index is 2.11. The molecule has 0 N–H and O–H groups in total. The van der Waals surface area contributed by atoms with Crippen molar-refractivity contribution in [2.45, 2.75) is 39.7 Å². The molecule has 1 aromatic rings. The Morgan fingerprint density at radius 3 is 2.81 bits per heavy atom. The third kappa shape index (κ3) is 3.76. The number of likely N-dealkylation sites (N-methyl/N-ethyl adjacent to an activating group) is 1. The van der Waals surface area contributed by atoms with Crippen molar-refractivity contribution in [2.24, 2.45) is 5.41 Å². The number of aromatic nitrogens is 1. The van der Waals surface area contributed by atoms with Crippen molar-refractivity contribution in [1.29, 1.82) is 0 Å². The van der Waals surface area contributed by atoms with Crippen LogP contribution in [0.1, 0.15) is 33.6 Å². The molecule has 0 aromatic carbocycles. The van der Waals surface area contributed by atoms with Crippen LogP contribution in [0.15, 0.2) is 22.8 Å². The van der Waals surface area contributed by atoms with E-state index in [1.165, 1.54) is 0 Å². The van der Waals surface area contributed by atoms with E-state index in [1.807, 2.05) is 51.0 Å². The second-order valence-corrected chi connectivity index (χ2v) is 7.57. The summed E-state index contributed by atoms with van der Waals surface area (Å²) < 4.78 is 1.01. The summed E-state index contributed by atoms with van der Waals surface area (Å²) in [4.78, 5) is 21.1. The van der Waals surface area contributed by atoms with Crippen molar-refractivity contribution in [3.63, 3.8) is 0 Å². The minimum atomic E-state index is -0.331. The first kappa shape index (κ1) is 16.3. The highest BCUT2D eigenvalue weighted by Crippen LogP contribution is 2.28. The molecule has 0 spiro atoms. The van der Waals surface area contributed by atoms with Crippen molar-refractivity contribution in [1.82, 2.24) is 9.88 Å². The van der Waals surface area contributed by atoms with Gasteiger partial charge < -0.3 is 9.80 Å². The molecule has 0 bridgehead atoms. The van der Waals surface area contributed by atoms with Crippen LogP contribution in [-0.4, -0.2) is 42.0 Å². The molecule has 116 valence electrons. The maximum absolute atomic E-state index is 12.5. The number of carbonyl (C=O) groups is 1. The number of hydrogen-bond donors (Lipinski definition) is 0. The van der Waals surface area contributed by atoms with Gasteiger partial charge in [0.1, 0.15) is 5.82 Å². The number of nitrogens with zero attached hydrogens (tertiary/aromatic N) is 3. The van der Waals surface area contributed by atoms with Gasteiger partial charge in [-0.15, -0.1) is 0 Å². The molecule has 4 nitrogen and oxygen atoms in total. The lowest BCUT2D eigenvalue weighted by atomic mass is 9.93. The van der Waals surface area contributed by atoms with Crippen molar-refractivity contribution in [3.8, 4) is 0 Å². The minimum Gasteiger partial charge on any atom is -0.354 e. The van der Waals surface area contributed by atoms with Crippen LogP contribution < -0.4 is 4.90 Å². The van der Waals surface area contributed by atoms with Crippen molar-refractivity contribution in [2.75, 3.05) is 25.0 Å². The Morgan fingerprint density at radius 1 is 1.48 bits per heavy atom. The van der Waals surface area contributed by atoms with Gasteiger partial charge in [-0.3, -0.25) is 4.79 Å². The largest absolute Gasteiger partial charge is 0.354 e. The molecule has 1 amide bonds. The van der Waals surface area contributed by atoms with Crippen LogP contribution in [0.5, 0.6) is 0 Å². The Kier molecular flexibility index (Phi) is 4.91. The zero-order chi connectivity index (χ0) is 15.6. The third-order valence-corrected chi connectivity index (χ3v) is 4.56. The van der Waals surface area contributed by atoms with E-state index < -0.39 is 0 Å². The lowest BCUT2D eigenvalue weighted by molar-refractivity contribution is -0.140. The Morgan fingerprint density at radius 2 is 2.19 bits per heavy atom. The lowest BCUT2D eigenvalue weighted by Crippen LogP contribution is -2.51. The van der Waals surface area contributed by atoms with E-state index in [0.29, 0.717) is 0 Å². The molecule has 1 saturated heterocycles. The van der Waals surface area contributed by atoms with Gasteiger partial charge in [0.2, 0.25) is 5.91 Å². The summed E-state index contributed by atoms with van der Waals surface area (Å²) >= 11 is 3.56. The van der Waals surface area contributed by atoms with Crippen LogP contribution in [0.4, 0.5) is 5.82 Å². The summed E-state index contributed by atoms with van der Waals surface area (Å²) in [5.74, 6) is 1.17. The summed E-state index contributed by atoms with van der Waals surface area (Å²) in [7, 11) is 1.93. The van der Waals surface area contributed by atoms with Gasteiger partial charge >= 0.3 is 0 Å². The van der Waals surface area contributed by atoms with Crippen LogP contribution in [0.25, 0.3) is 0 Å². The van der Waals surface area contributed by atoms with E-state index in [9.17, 15) is 4.79 Å². The van der Waals surface area contributed by atoms with Crippen LogP contribution in [0.2, 0.25) is 0 Å². The smallest absolute Gasteiger partial charge is 0.227 e. The average Bonchev–Trinajstić information content (AvgIpc) is 2.45. The SMILES string of the molecule is CN(C(=O)C(C)(C)C)C1CCCN(c2ncccc2Br)C1. The quantitative estimate of drug-likeness (QED) is 0.818. The molecule has 21 heavy (non-hydrogen) atoms. The fourth-order valence-corrected chi connectivity index (χ4v) is 3.27. The molecule has 1 unspecified atom stereocenters. The van der Waals surface area contributed by atoms with Gasteiger partial charge in [0, 0.05) is 37.8 Å². The first-order valence-electron chi connectivity index (χ1n) is 7.43. The van der Waals surface area contributed by atoms with E-state index in [2.05, 4.69) is 25.8 Å². The standard InChI is InChI=1S/C16H24BrN3O/c1-16(2,3)15(21)19(4)12-7-6-10-20(11-12)14-13(17)8-5-9-18-14/h5,8-9,12H,6-7,10-11H2,1-4H3. The summed E-state index contributed by atoms with van der Waals surface area (Å²) in [5.41, 5.74) is -0.331. The summed E-state index contributed by atoms with van der Waals surface area (Å²) in [6.45, 7) is 7.75. The van der Waals surface area contributed by atoms with Gasteiger partial charge in [-0.25, -0.2) is 4.98 Å². The highest BCUT2D eigenvalue weighted by atomic mass is 79.9. The van der Waals surface area contributed by atoms with Gasteiger partial charge in [-0.2, -0.15) is 0 Å². The number of hydrogen-bond acceptors (Lipinski definition) is 3. The minimum absolute atomic E-state index is 0.203. The van der Waals surface area contributed by atoms with E-state index in [4.69, 9.17) is 0 Å². The fraction of sp³-hybridized carbons (Fsp3) is 0.625. The summed E-state index contributed by atoms with van der Waals surface area (Å²) in [6, 6.07) is 4.18. The average molecular weight is 354 g/mol. The number of pyridine rings is 1. The number of halogens is 1. The maximum Gasteiger partial charge on any atom is 0.227 e. The molecule has 0 radical (unpaired) electrons. The molecule has 0 aliphatic carbocycles. The first-order chi connectivity index (χ1) is 9.80. The third-order valence-electron chi connectivity index (χ3n) is 3.94. The van der Waals surface area contributed by atoms with E-state index >= 15 is 0 Å². The highest BCUT2D eigenvalue weighted by molar-refractivity contribution is 9.10. The van der Waals surface area contributed by atoms with Gasteiger partial charge in [-0.05, 0) is 40.9 Å². The molecule has 1 aliphatic heterocycles. The zero-order valence-electron chi connectivity index (χ0n) is 13.3. The van der Waals surface area contributed by atoms with E-state index in [0.717, 1.165) is 36.2 Å². The topological polar surface area (TPSA) is 36.4 Å². The molecule has 0 saturated carbocycles. The van der Waals surface area contributed by atoms with Gasteiger partial charge in [0.25, 0.3) is 0 Å². The van der Waals surface area contributed by atoms with Crippen molar-refractivity contribution in [3.05, 3.63) is 22.8 Å². The van der Waals surface area contributed by atoms with E-state index in [1.54, 1.807) is 0 Å². The number of carbonyl (C=O) groups excluding carboxylic acids is 1. The summed E-state index contributed by atoms with van der Waals surface area (Å²) in [5, 5.41) is 0. The van der Waals surface area contributed by atoms with Crippen LogP contribution in [-0.2, 0) is 4.79 Å². The predicted molar refractivity (Wildman–Crippen MR) is 89.4 cm³/mol. The van der Waals surface area contributed by atoms with Gasteiger partial charge in [0.15, 0.2) is 0 Å². The van der Waals surface area contributed by atoms with Crippen molar-refractivity contribution < 1.29 is 4.79 Å². The zero-order valence-corrected chi connectivity index (χ0v) is 14.9. The molecular formula is C16H24BrN3O. The Bertz CT molecular complexity index is 512. The molecular weight excluding hydrogens is 330 g/mol. The number of amides is 1. The lowest BCUT2D eigenvalue weighted by Gasteiger charge is -2.40. The molecule has 2 heterocycles. The molecule has 1 fully saturated rings. The second-order valence-electron chi connectivity index (χ2n) is 6.72. The molecule has 5 heteroatoms. The van der Waals surface area contributed by atoms with Crippen LogP contribution in [0, 0.1) is 5.41 Å². The van der Waals surface area contributed by atoms with Crippen LogP contribution in [0.3, 0.4) is 0 Å². The highest BCUT2D eigenvalue weighted by Gasteiger charge is 2.32. The summed E-state index contributed by atoms with van der Waals surface area (Å²) in [6.07, 6.45) is 3.95. The van der Waals surface area contributed by atoms with Crippen molar-refractivity contribution >= 4 is 27.7 Å². The molecule has 2 rings (SSSR count). The number of rotatable bonds is 2. The van der Waals surface area contributed by atoms with Gasteiger partial charge in [-0.1, -0.05) is 20.8 Å².